The van der Waals surface area contributed by atoms with Crippen LogP contribution in [-0.4, -0.2) is 27.7 Å². The Morgan fingerprint density at radius 2 is 1.69 bits per heavy atom. The molecular weight excluding hydrogens is 542 g/mol. The fourth-order valence-electron chi connectivity index (χ4n) is 5.37. The molecule has 5 aromatic rings. The van der Waals surface area contributed by atoms with E-state index in [2.05, 4.69) is 80.9 Å². The summed E-state index contributed by atoms with van der Waals surface area (Å²) < 4.78 is 7.96. The smallest absolute Gasteiger partial charge is 0.229 e. The molecule has 1 fully saturated rings. The summed E-state index contributed by atoms with van der Waals surface area (Å²) in [6.07, 6.45) is 3.89. The maximum atomic E-state index is 12.7. The van der Waals surface area contributed by atoms with Gasteiger partial charge in [0, 0.05) is 40.9 Å². The van der Waals surface area contributed by atoms with E-state index in [-0.39, 0.29) is 18.0 Å². The van der Waals surface area contributed by atoms with Crippen molar-refractivity contribution in [1.82, 2.24) is 14.9 Å². The molecular formula is C34H33N5O2S. The molecule has 7 nitrogen and oxygen atoms in total. The Balaban J connectivity index is 1.46. The third kappa shape index (κ3) is 5.10. The van der Waals surface area contributed by atoms with E-state index in [9.17, 15) is 4.79 Å². The minimum atomic E-state index is -0.542. The van der Waals surface area contributed by atoms with Gasteiger partial charge in [0.1, 0.15) is 11.8 Å². The van der Waals surface area contributed by atoms with Crippen LogP contribution in [0.15, 0.2) is 103 Å². The zero-order valence-corrected chi connectivity index (χ0v) is 24.9. The first-order chi connectivity index (χ1) is 20.2. The Morgan fingerprint density at radius 1 is 0.929 bits per heavy atom. The maximum absolute atomic E-state index is 12.7. The minimum Gasteiger partial charge on any atom is -0.494 e. The fraction of sp³-hybridized carbons (Fsp3) is 0.206. The number of anilines is 2. The summed E-state index contributed by atoms with van der Waals surface area (Å²) in [5, 5.41) is 9.49. The first-order valence-electron chi connectivity index (χ1n) is 13.9. The number of nitrogens with zero attached hydrogens (tertiary/aromatic N) is 3. The summed E-state index contributed by atoms with van der Waals surface area (Å²) in [5.41, 5.74) is 3.91. The van der Waals surface area contributed by atoms with Crippen LogP contribution in [0, 0.1) is 5.41 Å². The lowest BCUT2D eigenvalue weighted by Gasteiger charge is -2.29. The van der Waals surface area contributed by atoms with Crippen LogP contribution in [0.5, 0.6) is 5.75 Å². The second-order valence-electron chi connectivity index (χ2n) is 11.4. The number of pyridine rings is 1. The number of benzene rings is 3. The van der Waals surface area contributed by atoms with Crippen molar-refractivity contribution in [2.24, 2.45) is 5.41 Å². The zero-order chi connectivity index (χ0) is 29.4. The van der Waals surface area contributed by atoms with Crippen LogP contribution in [0.2, 0.25) is 0 Å². The second kappa shape index (κ2) is 10.9. The van der Waals surface area contributed by atoms with E-state index in [0.29, 0.717) is 16.5 Å². The quantitative estimate of drug-likeness (QED) is 0.209. The average molecular weight is 576 g/mol. The summed E-state index contributed by atoms with van der Waals surface area (Å²) in [5.74, 6) is 0.464. The molecule has 0 spiro atoms. The summed E-state index contributed by atoms with van der Waals surface area (Å²) in [6, 6.07) is 30.3. The van der Waals surface area contributed by atoms with Crippen molar-refractivity contribution >= 4 is 45.4 Å². The number of carbonyl (C=O) groups is 1. The number of thiocarbonyl (C=S) groups is 1. The van der Waals surface area contributed by atoms with Gasteiger partial charge in [0.05, 0.1) is 24.5 Å². The van der Waals surface area contributed by atoms with E-state index in [1.807, 2.05) is 57.2 Å². The fourth-order valence-corrected chi connectivity index (χ4v) is 5.72. The second-order valence-corrected chi connectivity index (χ2v) is 11.8. The molecule has 0 aliphatic carbocycles. The molecule has 0 unspecified atom stereocenters. The van der Waals surface area contributed by atoms with Crippen LogP contribution in [0.1, 0.15) is 44.2 Å². The molecule has 3 heterocycles. The first kappa shape index (κ1) is 27.5. The van der Waals surface area contributed by atoms with E-state index in [0.717, 1.165) is 22.8 Å². The zero-order valence-electron chi connectivity index (χ0n) is 24.0. The number of hydrogen-bond acceptors (Lipinski definition) is 4. The normalized spacial score (nSPS) is 16.9. The van der Waals surface area contributed by atoms with Crippen molar-refractivity contribution < 1.29 is 9.53 Å². The van der Waals surface area contributed by atoms with Crippen molar-refractivity contribution in [1.29, 1.82) is 0 Å². The number of amides is 1. The van der Waals surface area contributed by atoms with Crippen LogP contribution < -0.4 is 20.3 Å². The highest BCUT2D eigenvalue weighted by atomic mass is 32.1. The highest BCUT2D eigenvalue weighted by molar-refractivity contribution is 7.80. The van der Waals surface area contributed by atoms with Gasteiger partial charge in [-0.05, 0) is 71.5 Å². The Kier molecular flexibility index (Phi) is 7.16. The molecule has 1 amide bonds. The van der Waals surface area contributed by atoms with Gasteiger partial charge in [-0.2, -0.15) is 0 Å². The van der Waals surface area contributed by atoms with Crippen LogP contribution >= 0.6 is 12.2 Å². The molecule has 0 radical (unpaired) electrons. The Bertz CT molecular complexity index is 1780. The number of methoxy groups -OCH3 is 1. The third-order valence-corrected chi connectivity index (χ3v) is 7.90. The predicted octanol–water partition coefficient (Wildman–Crippen LogP) is 7.20. The molecule has 8 heteroatoms. The predicted molar refractivity (Wildman–Crippen MR) is 172 cm³/mol. The van der Waals surface area contributed by atoms with Gasteiger partial charge in [0.25, 0.3) is 0 Å². The molecule has 6 rings (SSSR count). The highest BCUT2D eigenvalue weighted by Gasteiger charge is 2.42. The number of hydrogen-bond donors (Lipinski definition) is 2. The van der Waals surface area contributed by atoms with Crippen molar-refractivity contribution in [3.63, 3.8) is 0 Å². The monoisotopic (exact) mass is 575 g/mol. The van der Waals surface area contributed by atoms with Crippen molar-refractivity contribution in [3.8, 4) is 11.4 Å². The molecule has 3 aromatic carbocycles. The first-order valence-corrected chi connectivity index (χ1v) is 14.3. The van der Waals surface area contributed by atoms with Gasteiger partial charge in [-0.1, -0.05) is 57.2 Å². The topological polar surface area (TPSA) is 71.4 Å². The van der Waals surface area contributed by atoms with Crippen molar-refractivity contribution in [2.75, 3.05) is 17.3 Å². The Morgan fingerprint density at radius 3 is 2.43 bits per heavy atom. The standard InChI is InChI=1S/C34H33N5O2S/c1-34(2,3)32(40)36-26-17-16-25(21-29(26)41-4)39-31(30(37-33(39)42)27-12-7-8-18-35-27)28-13-9-19-38(28)24-15-14-22-10-5-6-11-23(22)20-24/h5-21,30-31H,1-4H3,(H,36,40)(H,37,42)/t30-,31-/m0/s1. The van der Waals surface area contributed by atoms with Gasteiger partial charge in [0.2, 0.25) is 5.91 Å². The number of carbonyl (C=O) groups excluding carboxylic acids is 1. The number of aromatic nitrogens is 2. The molecule has 0 saturated carbocycles. The van der Waals surface area contributed by atoms with Crippen molar-refractivity contribution in [3.05, 3.63) is 115 Å². The molecule has 1 saturated heterocycles. The Labute approximate surface area is 251 Å². The third-order valence-electron chi connectivity index (χ3n) is 7.59. The van der Waals surface area contributed by atoms with Gasteiger partial charge in [0.15, 0.2) is 5.11 Å². The van der Waals surface area contributed by atoms with Crippen LogP contribution in [0.4, 0.5) is 11.4 Å². The number of ether oxygens (including phenoxy) is 1. The van der Waals surface area contributed by atoms with Crippen LogP contribution in [0.3, 0.4) is 0 Å². The van der Waals surface area contributed by atoms with Crippen molar-refractivity contribution in [2.45, 2.75) is 32.9 Å². The molecule has 2 atom stereocenters. The van der Waals surface area contributed by atoms with Gasteiger partial charge in [-0.3, -0.25) is 9.78 Å². The molecule has 212 valence electrons. The van der Waals surface area contributed by atoms with E-state index in [1.165, 1.54) is 10.8 Å². The summed E-state index contributed by atoms with van der Waals surface area (Å²) in [7, 11) is 1.60. The van der Waals surface area contributed by atoms with Crippen LogP contribution in [-0.2, 0) is 4.79 Å². The number of nitrogens with one attached hydrogen (secondary N) is 2. The molecule has 0 bridgehead atoms. The molecule has 42 heavy (non-hydrogen) atoms. The highest BCUT2D eigenvalue weighted by Crippen LogP contribution is 2.44. The number of fused-ring (bicyclic) bond motifs is 1. The SMILES string of the molecule is COc1cc(N2C(=S)N[C@@H](c3ccccn3)[C@@H]2c2cccn2-c2ccc3ccccc3c2)ccc1NC(=O)C(C)(C)C. The van der Waals surface area contributed by atoms with Gasteiger partial charge >= 0.3 is 0 Å². The Hall–Kier alpha value is -4.69. The minimum absolute atomic E-state index is 0.0896. The largest absolute Gasteiger partial charge is 0.494 e. The maximum Gasteiger partial charge on any atom is 0.229 e. The lowest BCUT2D eigenvalue weighted by atomic mass is 9.95. The average Bonchev–Trinajstić information content (AvgIpc) is 3.61. The van der Waals surface area contributed by atoms with E-state index >= 15 is 0 Å². The summed E-state index contributed by atoms with van der Waals surface area (Å²) >= 11 is 5.97. The lowest BCUT2D eigenvalue weighted by Crippen LogP contribution is -2.30. The lowest BCUT2D eigenvalue weighted by molar-refractivity contribution is -0.123. The van der Waals surface area contributed by atoms with Gasteiger partial charge < -0.3 is 24.8 Å². The van der Waals surface area contributed by atoms with Gasteiger partial charge in [-0.15, -0.1) is 0 Å². The molecule has 2 N–H and O–H groups in total. The van der Waals surface area contributed by atoms with E-state index in [4.69, 9.17) is 21.9 Å². The molecule has 1 aliphatic heterocycles. The van der Waals surface area contributed by atoms with E-state index < -0.39 is 5.41 Å². The van der Waals surface area contributed by atoms with E-state index in [1.54, 1.807) is 13.3 Å². The van der Waals surface area contributed by atoms with Gasteiger partial charge in [-0.25, -0.2) is 0 Å². The number of rotatable bonds is 6. The summed E-state index contributed by atoms with van der Waals surface area (Å²) in [4.78, 5) is 19.5. The van der Waals surface area contributed by atoms with Crippen LogP contribution in [0.25, 0.3) is 16.5 Å². The summed E-state index contributed by atoms with van der Waals surface area (Å²) in [6.45, 7) is 5.64. The molecule has 1 aliphatic rings. The molecule has 2 aromatic heterocycles.